The number of thioether (sulfide) groups is 1. The molecule has 3 atom stereocenters. The minimum absolute atomic E-state index is 0.0132. The molecule has 1 aliphatic heterocycles. The number of likely N-dealkylation sites (tertiary alicyclic amines) is 1. The number of anilines is 1. The lowest BCUT2D eigenvalue weighted by atomic mass is 9.98. The summed E-state index contributed by atoms with van der Waals surface area (Å²) in [6.07, 6.45) is 4.17. The molecule has 1 heterocycles. The molecule has 0 aromatic heterocycles. The van der Waals surface area contributed by atoms with E-state index in [9.17, 15) is 4.79 Å². The zero-order valence-electron chi connectivity index (χ0n) is 14.9. The number of amides is 2. The molecule has 1 aromatic carbocycles. The van der Waals surface area contributed by atoms with Gasteiger partial charge in [0.2, 0.25) is 0 Å². The Balaban J connectivity index is 1.98. The molecule has 4 nitrogen and oxygen atoms in total. The van der Waals surface area contributed by atoms with Crippen LogP contribution < -0.4 is 5.32 Å². The summed E-state index contributed by atoms with van der Waals surface area (Å²) in [7, 11) is 4.06. The Kier molecular flexibility index (Phi) is 6.36. The van der Waals surface area contributed by atoms with Gasteiger partial charge in [-0.1, -0.05) is 12.1 Å². The maximum atomic E-state index is 12.5. The molecule has 2 amide bonds. The molecule has 2 rings (SSSR count). The van der Waals surface area contributed by atoms with Crippen LogP contribution in [0.5, 0.6) is 0 Å². The molecule has 0 bridgehead atoms. The lowest BCUT2D eigenvalue weighted by molar-refractivity contribution is 0.120. The lowest BCUT2D eigenvalue weighted by Gasteiger charge is -2.39. The topological polar surface area (TPSA) is 35.6 Å². The molecule has 5 heteroatoms. The van der Waals surface area contributed by atoms with Crippen LogP contribution >= 0.6 is 11.8 Å². The number of hydrogen-bond acceptors (Lipinski definition) is 3. The van der Waals surface area contributed by atoms with E-state index in [1.807, 2.05) is 35.8 Å². The molecule has 1 fully saturated rings. The van der Waals surface area contributed by atoms with E-state index in [0.717, 1.165) is 25.1 Å². The zero-order chi connectivity index (χ0) is 17.0. The van der Waals surface area contributed by atoms with Crippen molar-refractivity contribution in [2.75, 3.05) is 32.2 Å². The Morgan fingerprint density at radius 3 is 2.87 bits per heavy atom. The van der Waals surface area contributed by atoms with Gasteiger partial charge in [-0.25, -0.2) is 4.79 Å². The van der Waals surface area contributed by atoms with Gasteiger partial charge in [0.15, 0.2) is 0 Å². The van der Waals surface area contributed by atoms with E-state index in [0.29, 0.717) is 17.3 Å². The first-order valence-corrected chi connectivity index (χ1v) is 9.58. The van der Waals surface area contributed by atoms with Crippen molar-refractivity contribution in [1.82, 2.24) is 9.80 Å². The second-order valence-electron chi connectivity index (χ2n) is 6.55. The van der Waals surface area contributed by atoms with E-state index < -0.39 is 0 Å². The molecule has 1 aliphatic rings. The molecule has 0 spiro atoms. The number of nitrogens with one attached hydrogen (secondary N) is 1. The molecule has 1 saturated heterocycles. The van der Waals surface area contributed by atoms with Gasteiger partial charge in [0.05, 0.1) is 0 Å². The Bertz CT molecular complexity index is 537. The average molecular weight is 336 g/mol. The third-order valence-electron chi connectivity index (χ3n) is 5.01. The van der Waals surface area contributed by atoms with Gasteiger partial charge in [0.25, 0.3) is 0 Å². The number of rotatable bonds is 4. The molecule has 1 N–H and O–H groups in total. The number of piperidine rings is 1. The number of hydrogen-bond donors (Lipinski definition) is 1. The van der Waals surface area contributed by atoms with Crippen molar-refractivity contribution in [3.05, 3.63) is 29.8 Å². The highest BCUT2D eigenvalue weighted by Gasteiger charge is 2.28. The summed E-state index contributed by atoms with van der Waals surface area (Å²) in [6, 6.07) is 8.98. The number of urea groups is 1. The fourth-order valence-electron chi connectivity index (χ4n) is 3.00. The van der Waals surface area contributed by atoms with Crippen LogP contribution in [0.4, 0.5) is 10.5 Å². The number of carbonyl (C=O) groups is 1. The van der Waals surface area contributed by atoms with Gasteiger partial charge in [0.1, 0.15) is 0 Å². The summed E-state index contributed by atoms with van der Waals surface area (Å²) in [4.78, 5) is 16.8. The van der Waals surface area contributed by atoms with Crippen LogP contribution in [0.2, 0.25) is 0 Å². The highest BCUT2D eigenvalue weighted by molar-refractivity contribution is 7.98. The fourth-order valence-corrected chi connectivity index (χ4v) is 3.42. The van der Waals surface area contributed by atoms with E-state index in [-0.39, 0.29) is 6.03 Å². The van der Waals surface area contributed by atoms with Crippen molar-refractivity contribution in [2.45, 2.75) is 44.0 Å². The monoisotopic (exact) mass is 335 g/mol. The van der Waals surface area contributed by atoms with Gasteiger partial charge in [0, 0.05) is 36.6 Å². The summed E-state index contributed by atoms with van der Waals surface area (Å²) < 4.78 is 0. The molecule has 0 radical (unpaired) electrons. The number of benzene rings is 1. The van der Waals surface area contributed by atoms with E-state index in [1.165, 1.54) is 5.56 Å². The zero-order valence-corrected chi connectivity index (χ0v) is 15.7. The van der Waals surface area contributed by atoms with Crippen molar-refractivity contribution >= 4 is 23.5 Å². The van der Waals surface area contributed by atoms with Crippen LogP contribution in [0.3, 0.4) is 0 Å². The third kappa shape index (κ3) is 4.64. The van der Waals surface area contributed by atoms with Gasteiger partial charge >= 0.3 is 6.03 Å². The normalized spacial score (nSPS) is 23.3. The minimum atomic E-state index is -0.0132. The summed E-state index contributed by atoms with van der Waals surface area (Å²) in [5, 5.41) is 3.48. The number of nitrogens with zero attached hydrogens (tertiary/aromatic N) is 2. The maximum Gasteiger partial charge on any atom is 0.321 e. The molecule has 1 aromatic rings. The maximum absolute atomic E-state index is 12.5. The highest BCUT2D eigenvalue weighted by Crippen LogP contribution is 2.27. The molecule has 23 heavy (non-hydrogen) atoms. The van der Waals surface area contributed by atoms with Crippen LogP contribution in [-0.4, -0.2) is 54.8 Å². The summed E-state index contributed by atoms with van der Waals surface area (Å²) in [5.74, 6) is 0. The first kappa shape index (κ1) is 18.1. The fraction of sp³-hybridized carbons (Fsp3) is 0.611. The number of carbonyl (C=O) groups excluding carboxylic acids is 1. The minimum Gasteiger partial charge on any atom is -0.325 e. The van der Waals surface area contributed by atoms with E-state index in [1.54, 1.807) is 0 Å². The Morgan fingerprint density at radius 2 is 2.22 bits per heavy atom. The Labute approximate surface area is 144 Å². The van der Waals surface area contributed by atoms with Gasteiger partial charge in [-0.05, 0) is 57.7 Å². The van der Waals surface area contributed by atoms with Crippen molar-refractivity contribution in [3.63, 3.8) is 0 Å². The predicted molar refractivity (Wildman–Crippen MR) is 100 cm³/mol. The smallest absolute Gasteiger partial charge is 0.321 e. The second-order valence-corrected chi connectivity index (χ2v) is 7.73. The lowest BCUT2D eigenvalue weighted by Crippen LogP contribution is -2.49. The quantitative estimate of drug-likeness (QED) is 0.901. The van der Waals surface area contributed by atoms with Gasteiger partial charge in [-0.2, -0.15) is 11.8 Å². The van der Waals surface area contributed by atoms with Crippen LogP contribution in [0.15, 0.2) is 24.3 Å². The van der Waals surface area contributed by atoms with E-state index >= 15 is 0 Å². The van der Waals surface area contributed by atoms with Gasteiger partial charge < -0.3 is 15.1 Å². The Hall–Kier alpha value is -1.20. The standard InChI is InChI=1S/C18H29N3OS/c1-13-11-17(9-10-20(13)3)21(4)18(22)19-16-8-6-7-15(12-16)14(2)23-5/h6-8,12-14,17H,9-11H2,1-5H3,(H,19,22). The third-order valence-corrected chi connectivity index (χ3v) is 5.99. The average Bonchev–Trinajstić information content (AvgIpc) is 2.56. The molecule has 128 valence electrons. The van der Waals surface area contributed by atoms with E-state index in [4.69, 9.17) is 0 Å². The van der Waals surface area contributed by atoms with Crippen molar-refractivity contribution in [2.24, 2.45) is 0 Å². The van der Waals surface area contributed by atoms with Crippen molar-refractivity contribution in [3.8, 4) is 0 Å². The van der Waals surface area contributed by atoms with Crippen LogP contribution in [0.25, 0.3) is 0 Å². The first-order valence-electron chi connectivity index (χ1n) is 8.29. The van der Waals surface area contributed by atoms with Crippen LogP contribution in [0, 0.1) is 0 Å². The van der Waals surface area contributed by atoms with E-state index in [2.05, 4.69) is 49.5 Å². The Morgan fingerprint density at radius 1 is 1.48 bits per heavy atom. The largest absolute Gasteiger partial charge is 0.325 e. The molecular formula is C18H29N3OS. The molecule has 0 aliphatic carbocycles. The van der Waals surface area contributed by atoms with Gasteiger partial charge in [-0.15, -0.1) is 0 Å². The van der Waals surface area contributed by atoms with Crippen LogP contribution in [-0.2, 0) is 0 Å². The summed E-state index contributed by atoms with van der Waals surface area (Å²) >= 11 is 1.81. The summed E-state index contributed by atoms with van der Waals surface area (Å²) in [5.41, 5.74) is 2.12. The van der Waals surface area contributed by atoms with Gasteiger partial charge in [-0.3, -0.25) is 0 Å². The van der Waals surface area contributed by atoms with Crippen LogP contribution in [0.1, 0.15) is 37.5 Å². The second kappa shape index (κ2) is 8.06. The summed E-state index contributed by atoms with van der Waals surface area (Å²) in [6.45, 7) is 5.45. The van der Waals surface area contributed by atoms with Crippen molar-refractivity contribution in [1.29, 1.82) is 0 Å². The SMILES string of the molecule is CSC(C)c1cccc(NC(=O)N(C)C2CCN(C)C(C)C2)c1. The molecule has 0 saturated carbocycles. The van der Waals surface area contributed by atoms with Crippen molar-refractivity contribution < 1.29 is 4.79 Å². The molecule has 3 unspecified atom stereocenters. The molecular weight excluding hydrogens is 306 g/mol. The highest BCUT2D eigenvalue weighted by atomic mass is 32.2. The predicted octanol–water partition coefficient (Wildman–Crippen LogP) is 4.06. The first-order chi connectivity index (χ1) is 10.9.